The van der Waals surface area contributed by atoms with E-state index in [1.165, 1.54) is 0 Å². The summed E-state index contributed by atoms with van der Waals surface area (Å²) >= 11 is 0. The van der Waals surface area contributed by atoms with E-state index in [1.54, 1.807) is 17.3 Å². The molecule has 7 nitrogen and oxygen atoms in total. The number of aromatic nitrogens is 2. The van der Waals surface area contributed by atoms with Crippen LogP contribution >= 0.6 is 0 Å². The highest BCUT2D eigenvalue weighted by Gasteiger charge is 2.25. The molecule has 0 unspecified atom stereocenters. The number of benzene rings is 1. The number of hydrogen-bond donors (Lipinski definition) is 4. The van der Waals surface area contributed by atoms with Gasteiger partial charge in [-0.2, -0.15) is 0 Å². The molecule has 1 saturated carbocycles. The maximum Gasteiger partial charge on any atom is 0.168 e. The number of nitrogens with one attached hydrogen (secondary N) is 1. The standard InChI is InChI=1S/C20H24N6O/c21-15-7-9-19(24-17-4-1-5-18(17)27)25-20(15)26(22)12-13-6-8-16-14(11-13)3-2-10-23-16/h2-3,6-11,17-18,27H,1,4-5,12,21-22H2,(H,24,25)/t17-,18-/m1/s1. The number of fused-ring (bicyclic) bond motifs is 1. The molecule has 140 valence electrons. The summed E-state index contributed by atoms with van der Waals surface area (Å²) in [6.45, 7) is 0.470. The molecule has 2 heterocycles. The SMILES string of the molecule is Nc1ccc(N[C@@H]2CCC[C@H]2O)nc1N(N)Cc1ccc2ncccc2c1. The zero-order valence-electron chi connectivity index (χ0n) is 15.0. The Kier molecular flexibility index (Phi) is 4.79. The van der Waals surface area contributed by atoms with Gasteiger partial charge in [0, 0.05) is 11.6 Å². The Morgan fingerprint density at radius 3 is 2.89 bits per heavy atom. The van der Waals surface area contributed by atoms with E-state index in [-0.39, 0.29) is 12.1 Å². The van der Waals surface area contributed by atoms with Gasteiger partial charge in [-0.05, 0) is 55.2 Å². The third-order valence-corrected chi connectivity index (χ3v) is 5.01. The molecule has 2 atom stereocenters. The number of aliphatic hydroxyl groups excluding tert-OH is 1. The molecule has 0 spiro atoms. The third kappa shape index (κ3) is 3.79. The Morgan fingerprint density at radius 1 is 1.19 bits per heavy atom. The fourth-order valence-electron chi connectivity index (χ4n) is 3.56. The smallest absolute Gasteiger partial charge is 0.168 e. The number of nitrogens with two attached hydrogens (primary N) is 2. The summed E-state index contributed by atoms with van der Waals surface area (Å²) in [5.74, 6) is 7.46. The summed E-state index contributed by atoms with van der Waals surface area (Å²) in [5, 5.41) is 15.9. The minimum Gasteiger partial charge on any atom is -0.396 e. The number of hydrogen-bond acceptors (Lipinski definition) is 7. The average Bonchev–Trinajstić information content (AvgIpc) is 3.07. The quantitative estimate of drug-likeness (QED) is 0.406. The number of anilines is 3. The first-order valence-electron chi connectivity index (χ1n) is 9.17. The summed E-state index contributed by atoms with van der Waals surface area (Å²) < 4.78 is 0. The van der Waals surface area contributed by atoms with E-state index in [9.17, 15) is 5.11 Å². The van der Waals surface area contributed by atoms with Crippen LogP contribution in [-0.2, 0) is 6.54 Å². The van der Waals surface area contributed by atoms with Gasteiger partial charge in [0.15, 0.2) is 5.82 Å². The zero-order chi connectivity index (χ0) is 18.8. The average molecular weight is 364 g/mol. The number of nitrogens with zero attached hydrogens (tertiary/aromatic N) is 3. The van der Waals surface area contributed by atoms with E-state index >= 15 is 0 Å². The molecule has 0 saturated heterocycles. The van der Waals surface area contributed by atoms with Crippen LogP contribution in [0.4, 0.5) is 17.3 Å². The maximum atomic E-state index is 10.0. The summed E-state index contributed by atoms with van der Waals surface area (Å²) in [6, 6.07) is 13.6. The monoisotopic (exact) mass is 364 g/mol. The van der Waals surface area contributed by atoms with Gasteiger partial charge in [0.2, 0.25) is 0 Å². The Labute approximate surface area is 158 Å². The molecule has 0 bridgehead atoms. The van der Waals surface area contributed by atoms with E-state index in [0.29, 0.717) is 23.9 Å². The Hall–Kier alpha value is -2.90. The topological polar surface area (TPSA) is 113 Å². The minimum atomic E-state index is -0.340. The lowest BCUT2D eigenvalue weighted by atomic mass is 10.1. The molecule has 1 fully saturated rings. The van der Waals surface area contributed by atoms with Crippen LogP contribution in [0.5, 0.6) is 0 Å². The predicted molar refractivity (Wildman–Crippen MR) is 108 cm³/mol. The molecule has 1 aromatic carbocycles. The van der Waals surface area contributed by atoms with E-state index < -0.39 is 0 Å². The first-order chi connectivity index (χ1) is 13.1. The number of hydrazine groups is 1. The van der Waals surface area contributed by atoms with Crippen molar-refractivity contribution >= 4 is 28.2 Å². The molecule has 0 amide bonds. The maximum absolute atomic E-state index is 10.0. The zero-order valence-corrected chi connectivity index (χ0v) is 15.0. The highest BCUT2D eigenvalue weighted by atomic mass is 16.3. The van der Waals surface area contributed by atoms with Crippen molar-refractivity contribution in [3.63, 3.8) is 0 Å². The van der Waals surface area contributed by atoms with E-state index in [2.05, 4.69) is 21.4 Å². The van der Waals surface area contributed by atoms with Crippen LogP contribution in [0.1, 0.15) is 24.8 Å². The molecule has 6 N–H and O–H groups in total. The van der Waals surface area contributed by atoms with E-state index in [4.69, 9.17) is 11.6 Å². The largest absolute Gasteiger partial charge is 0.396 e. The number of pyridine rings is 2. The number of aliphatic hydroxyl groups is 1. The second-order valence-corrected chi connectivity index (χ2v) is 7.02. The van der Waals surface area contributed by atoms with Gasteiger partial charge in [-0.3, -0.25) is 9.99 Å². The Morgan fingerprint density at radius 2 is 2.07 bits per heavy atom. The lowest BCUT2D eigenvalue weighted by Gasteiger charge is -2.22. The minimum absolute atomic E-state index is 0.0215. The van der Waals surface area contributed by atoms with Gasteiger partial charge in [-0.15, -0.1) is 0 Å². The van der Waals surface area contributed by atoms with Crippen molar-refractivity contribution in [2.45, 2.75) is 38.0 Å². The molecule has 3 aromatic rings. The summed E-state index contributed by atoms with van der Waals surface area (Å²) in [4.78, 5) is 8.90. The van der Waals surface area contributed by atoms with Crippen LogP contribution in [0.2, 0.25) is 0 Å². The molecular formula is C20H24N6O. The molecule has 4 rings (SSSR count). The molecule has 1 aliphatic rings. The summed E-state index contributed by atoms with van der Waals surface area (Å²) in [6.07, 6.45) is 4.20. The van der Waals surface area contributed by atoms with Gasteiger partial charge in [0.05, 0.1) is 29.9 Å². The highest BCUT2D eigenvalue weighted by Crippen LogP contribution is 2.26. The molecular weight excluding hydrogens is 340 g/mol. The normalized spacial score (nSPS) is 19.3. The molecule has 0 radical (unpaired) electrons. The molecule has 27 heavy (non-hydrogen) atoms. The number of rotatable bonds is 5. The van der Waals surface area contributed by atoms with Crippen LogP contribution in [0.25, 0.3) is 10.9 Å². The first kappa shape index (κ1) is 17.5. The Bertz CT molecular complexity index is 947. The fourth-order valence-corrected chi connectivity index (χ4v) is 3.56. The predicted octanol–water partition coefficient (Wildman–Crippen LogP) is 2.42. The molecule has 2 aromatic heterocycles. The highest BCUT2D eigenvalue weighted by molar-refractivity contribution is 5.79. The lowest BCUT2D eigenvalue weighted by Crippen LogP contribution is -2.33. The van der Waals surface area contributed by atoms with E-state index in [1.807, 2.05) is 30.3 Å². The van der Waals surface area contributed by atoms with Crippen molar-refractivity contribution in [3.8, 4) is 0 Å². The second-order valence-electron chi connectivity index (χ2n) is 7.02. The summed E-state index contributed by atoms with van der Waals surface area (Å²) in [7, 11) is 0. The van der Waals surface area contributed by atoms with Crippen LogP contribution < -0.4 is 21.9 Å². The molecule has 0 aliphatic heterocycles. The van der Waals surface area contributed by atoms with Crippen molar-refractivity contribution in [1.29, 1.82) is 0 Å². The van der Waals surface area contributed by atoms with Crippen molar-refractivity contribution in [3.05, 3.63) is 54.2 Å². The lowest BCUT2D eigenvalue weighted by molar-refractivity contribution is 0.171. The third-order valence-electron chi connectivity index (χ3n) is 5.01. The van der Waals surface area contributed by atoms with Gasteiger partial charge >= 0.3 is 0 Å². The van der Waals surface area contributed by atoms with Crippen LogP contribution in [0, 0.1) is 0 Å². The van der Waals surface area contributed by atoms with Gasteiger partial charge in [0.1, 0.15) is 5.82 Å². The number of nitrogen functional groups attached to an aromatic ring is 1. The second kappa shape index (κ2) is 7.38. The van der Waals surface area contributed by atoms with Crippen LogP contribution in [-0.4, -0.2) is 27.2 Å². The van der Waals surface area contributed by atoms with Crippen molar-refractivity contribution in [1.82, 2.24) is 9.97 Å². The van der Waals surface area contributed by atoms with Crippen LogP contribution in [0.3, 0.4) is 0 Å². The first-order valence-corrected chi connectivity index (χ1v) is 9.17. The van der Waals surface area contributed by atoms with Crippen molar-refractivity contribution < 1.29 is 5.11 Å². The van der Waals surface area contributed by atoms with Crippen molar-refractivity contribution in [2.75, 3.05) is 16.1 Å². The van der Waals surface area contributed by atoms with Gasteiger partial charge in [-0.25, -0.2) is 10.8 Å². The molecule has 7 heteroatoms. The van der Waals surface area contributed by atoms with Crippen molar-refractivity contribution in [2.24, 2.45) is 5.84 Å². The van der Waals surface area contributed by atoms with Crippen LogP contribution in [0.15, 0.2) is 48.7 Å². The van der Waals surface area contributed by atoms with Gasteiger partial charge < -0.3 is 16.2 Å². The fraction of sp³-hybridized carbons (Fsp3) is 0.300. The van der Waals surface area contributed by atoms with Gasteiger partial charge in [0.25, 0.3) is 0 Å². The van der Waals surface area contributed by atoms with E-state index in [0.717, 1.165) is 35.7 Å². The Balaban J connectivity index is 1.53. The summed E-state index contributed by atoms with van der Waals surface area (Å²) in [5.41, 5.74) is 8.60. The van der Waals surface area contributed by atoms with Gasteiger partial charge in [-0.1, -0.05) is 12.1 Å². The molecule has 1 aliphatic carbocycles.